The van der Waals surface area contributed by atoms with Crippen molar-refractivity contribution < 1.29 is 17.6 Å². The molecule has 5 heteroatoms. The molecule has 0 fully saturated rings. The minimum atomic E-state index is -1.52. The Labute approximate surface area is 114 Å². The van der Waals surface area contributed by atoms with Gasteiger partial charge in [-0.3, -0.25) is 0 Å². The molecule has 2 aromatic rings. The zero-order chi connectivity index (χ0) is 14.7. The molecular formula is C15H13F4N. The van der Waals surface area contributed by atoms with Crippen molar-refractivity contribution in [2.75, 3.05) is 7.05 Å². The van der Waals surface area contributed by atoms with Crippen molar-refractivity contribution in [3.8, 4) is 0 Å². The SMILES string of the molecule is CNC(Cc1ccccc1F)c1ccc(F)c(F)c1F. The maximum absolute atomic E-state index is 13.8. The molecule has 0 saturated heterocycles. The summed E-state index contributed by atoms with van der Waals surface area (Å²) in [4.78, 5) is 0. The maximum Gasteiger partial charge on any atom is 0.194 e. The van der Waals surface area contributed by atoms with E-state index in [1.165, 1.54) is 6.07 Å². The van der Waals surface area contributed by atoms with Crippen LogP contribution in [-0.4, -0.2) is 7.05 Å². The number of rotatable bonds is 4. The summed E-state index contributed by atoms with van der Waals surface area (Å²) in [6, 6.07) is 7.44. The van der Waals surface area contributed by atoms with Crippen molar-refractivity contribution in [1.29, 1.82) is 0 Å². The lowest BCUT2D eigenvalue weighted by molar-refractivity contribution is 0.427. The van der Waals surface area contributed by atoms with Crippen LogP contribution in [0, 0.1) is 23.3 Å². The topological polar surface area (TPSA) is 12.0 Å². The van der Waals surface area contributed by atoms with Gasteiger partial charge in [-0.2, -0.15) is 0 Å². The molecule has 20 heavy (non-hydrogen) atoms. The minimum Gasteiger partial charge on any atom is -0.313 e. The number of benzene rings is 2. The number of nitrogens with one attached hydrogen (secondary N) is 1. The van der Waals surface area contributed by atoms with E-state index in [1.54, 1.807) is 25.2 Å². The van der Waals surface area contributed by atoms with Crippen molar-refractivity contribution in [1.82, 2.24) is 5.32 Å². The molecule has 0 aromatic heterocycles. The second kappa shape index (κ2) is 6.05. The summed E-state index contributed by atoms with van der Waals surface area (Å²) in [5.74, 6) is -4.43. The molecule has 106 valence electrons. The first-order valence-electron chi connectivity index (χ1n) is 6.08. The van der Waals surface area contributed by atoms with Crippen molar-refractivity contribution in [3.63, 3.8) is 0 Å². The molecule has 2 aromatic carbocycles. The summed E-state index contributed by atoms with van der Waals surface area (Å²) < 4.78 is 53.5. The van der Waals surface area contributed by atoms with Gasteiger partial charge in [0, 0.05) is 11.6 Å². The Hall–Kier alpha value is -1.88. The predicted octanol–water partition coefficient (Wildman–Crippen LogP) is 3.75. The molecule has 1 nitrogen and oxygen atoms in total. The third-order valence-electron chi connectivity index (χ3n) is 3.17. The molecule has 0 aliphatic rings. The zero-order valence-electron chi connectivity index (χ0n) is 10.8. The monoisotopic (exact) mass is 283 g/mol. The standard InChI is InChI=1S/C15H13F4N/c1-20-13(8-9-4-2-3-5-11(9)16)10-6-7-12(17)15(19)14(10)18/h2-7,13,20H,8H2,1H3. The highest BCUT2D eigenvalue weighted by molar-refractivity contribution is 5.27. The predicted molar refractivity (Wildman–Crippen MR) is 68.2 cm³/mol. The second-order valence-corrected chi connectivity index (χ2v) is 4.40. The van der Waals surface area contributed by atoms with E-state index >= 15 is 0 Å². The van der Waals surface area contributed by atoms with Gasteiger partial charge in [0.15, 0.2) is 17.5 Å². The quantitative estimate of drug-likeness (QED) is 0.665. The lowest BCUT2D eigenvalue weighted by Gasteiger charge is -2.18. The molecule has 0 aliphatic heterocycles. The molecule has 0 spiro atoms. The average Bonchev–Trinajstić information content (AvgIpc) is 2.45. The lowest BCUT2D eigenvalue weighted by atomic mass is 9.98. The van der Waals surface area contributed by atoms with Gasteiger partial charge in [-0.25, -0.2) is 17.6 Å². The Balaban J connectivity index is 2.34. The van der Waals surface area contributed by atoms with Crippen LogP contribution in [0.1, 0.15) is 17.2 Å². The highest BCUT2D eigenvalue weighted by atomic mass is 19.2. The van der Waals surface area contributed by atoms with Gasteiger partial charge >= 0.3 is 0 Å². The normalized spacial score (nSPS) is 12.4. The maximum atomic E-state index is 13.8. The number of hydrogen-bond donors (Lipinski definition) is 1. The van der Waals surface area contributed by atoms with Crippen molar-refractivity contribution in [2.24, 2.45) is 0 Å². The Kier molecular flexibility index (Phi) is 4.39. The van der Waals surface area contributed by atoms with Crippen LogP contribution < -0.4 is 5.32 Å². The van der Waals surface area contributed by atoms with Gasteiger partial charge in [-0.15, -0.1) is 0 Å². The van der Waals surface area contributed by atoms with Crippen LogP contribution in [0.2, 0.25) is 0 Å². The van der Waals surface area contributed by atoms with Gasteiger partial charge in [0.05, 0.1) is 0 Å². The largest absolute Gasteiger partial charge is 0.313 e. The molecule has 0 heterocycles. The van der Waals surface area contributed by atoms with Gasteiger partial charge in [0.1, 0.15) is 5.82 Å². The first kappa shape index (κ1) is 14.5. The first-order valence-corrected chi connectivity index (χ1v) is 6.08. The molecule has 1 atom stereocenters. The summed E-state index contributed by atoms with van der Waals surface area (Å²) in [7, 11) is 1.55. The van der Waals surface area contributed by atoms with E-state index in [0.29, 0.717) is 5.56 Å². The summed E-state index contributed by atoms with van der Waals surface area (Å²) in [5, 5.41) is 2.79. The lowest BCUT2D eigenvalue weighted by Crippen LogP contribution is -2.21. The third kappa shape index (κ3) is 2.82. The highest BCUT2D eigenvalue weighted by Crippen LogP contribution is 2.25. The number of hydrogen-bond acceptors (Lipinski definition) is 1. The number of halogens is 4. The van der Waals surface area contributed by atoms with Gasteiger partial charge in [-0.1, -0.05) is 24.3 Å². The Morgan fingerprint density at radius 1 is 0.900 bits per heavy atom. The smallest absolute Gasteiger partial charge is 0.194 e. The van der Waals surface area contributed by atoms with E-state index in [4.69, 9.17) is 0 Å². The Bertz CT molecular complexity index is 613. The van der Waals surface area contributed by atoms with E-state index in [2.05, 4.69) is 5.32 Å². The van der Waals surface area contributed by atoms with Gasteiger partial charge in [0.2, 0.25) is 0 Å². The Morgan fingerprint density at radius 2 is 1.60 bits per heavy atom. The fourth-order valence-corrected chi connectivity index (χ4v) is 2.06. The number of likely N-dealkylation sites (N-methyl/N-ethyl adjacent to an activating group) is 1. The molecule has 0 radical (unpaired) electrons. The van der Waals surface area contributed by atoms with Crippen molar-refractivity contribution in [2.45, 2.75) is 12.5 Å². The molecule has 1 unspecified atom stereocenters. The highest BCUT2D eigenvalue weighted by Gasteiger charge is 2.20. The average molecular weight is 283 g/mol. The molecular weight excluding hydrogens is 270 g/mol. The van der Waals surface area contributed by atoms with E-state index in [1.807, 2.05) is 0 Å². The molecule has 0 amide bonds. The van der Waals surface area contributed by atoms with Crippen molar-refractivity contribution >= 4 is 0 Å². The molecule has 0 bridgehead atoms. The van der Waals surface area contributed by atoms with Crippen molar-refractivity contribution in [3.05, 3.63) is 70.8 Å². The minimum absolute atomic E-state index is 0.0327. The van der Waals surface area contributed by atoms with Crippen LogP contribution in [0.25, 0.3) is 0 Å². The van der Waals surface area contributed by atoms with Crippen LogP contribution in [0.3, 0.4) is 0 Å². The summed E-state index contributed by atoms with van der Waals surface area (Å²) in [6.07, 6.45) is 0.130. The van der Waals surface area contributed by atoms with Crippen LogP contribution in [-0.2, 0) is 6.42 Å². The van der Waals surface area contributed by atoms with Gasteiger partial charge in [0.25, 0.3) is 0 Å². The second-order valence-electron chi connectivity index (χ2n) is 4.40. The summed E-state index contributed by atoms with van der Waals surface area (Å²) in [5.41, 5.74) is 0.339. The van der Waals surface area contributed by atoms with Gasteiger partial charge < -0.3 is 5.32 Å². The van der Waals surface area contributed by atoms with E-state index in [9.17, 15) is 17.6 Å². The van der Waals surface area contributed by atoms with Crippen LogP contribution in [0.15, 0.2) is 36.4 Å². The molecule has 1 N–H and O–H groups in total. The first-order chi connectivity index (χ1) is 9.54. The van der Waals surface area contributed by atoms with E-state index in [0.717, 1.165) is 12.1 Å². The third-order valence-corrected chi connectivity index (χ3v) is 3.17. The van der Waals surface area contributed by atoms with Crippen LogP contribution >= 0.6 is 0 Å². The summed E-state index contributed by atoms with van der Waals surface area (Å²) in [6.45, 7) is 0. The fourth-order valence-electron chi connectivity index (χ4n) is 2.06. The Morgan fingerprint density at radius 3 is 2.25 bits per heavy atom. The van der Waals surface area contributed by atoms with Gasteiger partial charge in [-0.05, 0) is 31.2 Å². The molecule has 0 aliphatic carbocycles. The van der Waals surface area contributed by atoms with Crippen LogP contribution in [0.4, 0.5) is 17.6 Å². The fraction of sp³-hybridized carbons (Fsp3) is 0.200. The van der Waals surface area contributed by atoms with Crippen LogP contribution in [0.5, 0.6) is 0 Å². The molecule has 0 saturated carbocycles. The summed E-state index contributed by atoms with van der Waals surface area (Å²) >= 11 is 0. The van der Waals surface area contributed by atoms with E-state index in [-0.39, 0.29) is 12.0 Å². The zero-order valence-corrected chi connectivity index (χ0v) is 10.8. The van der Waals surface area contributed by atoms with E-state index < -0.39 is 29.3 Å². The molecule has 2 rings (SSSR count).